The van der Waals surface area contributed by atoms with Gasteiger partial charge in [0.05, 0.1) is 0 Å². The first-order valence-corrected chi connectivity index (χ1v) is 4.72. The smallest absolute Gasteiger partial charge is 0.00505 e. The molecule has 2 rings (SSSR count). The molecule has 0 atom stereocenters. The molecule has 64 valence electrons. The summed E-state index contributed by atoms with van der Waals surface area (Å²) < 4.78 is 0. The number of likely N-dealkylation sites (tertiary alicyclic amines) is 1. The molecule has 2 fully saturated rings. The Morgan fingerprint density at radius 1 is 1.36 bits per heavy atom. The number of hydrogen-bond acceptors (Lipinski definition) is 2. The van der Waals surface area contributed by atoms with Gasteiger partial charge in [-0.1, -0.05) is 0 Å². The van der Waals surface area contributed by atoms with Crippen LogP contribution in [0.3, 0.4) is 0 Å². The van der Waals surface area contributed by atoms with Gasteiger partial charge in [-0.3, -0.25) is 0 Å². The minimum Gasteiger partial charge on any atom is -0.320 e. The predicted octanol–water partition coefficient (Wildman–Crippen LogP) is 0.692. The van der Waals surface area contributed by atoms with Gasteiger partial charge in [0.15, 0.2) is 0 Å². The Morgan fingerprint density at radius 2 is 2.09 bits per heavy atom. The lowest BCUT2D eigenvalue weighted by Gasteiger charge is -2.40. The average Bonchev–Trinajstić information content (AvgIpc) is 2.66. The van der Waals surface area contributed by atoms with E-state index >= 15 is 0 Å². The van der Waals surface area contributed by atoms with Crippen molar-refractivity contribution in [2.24, 2.45) is 5.41 Å². The van der Waals surface area contributed by atoms with Crippen LogP contribution < -0.4 is 5.32 Å². The molecule has 1 spiro atoms. The highest BCUT2D eigenvalue weighted by atomic mass is 15.2. The van der Waals surface area contributed by atoms with Crippen molar-refractivity contribution >= 4 is 0 Å². The molecule has 0 aromatic carbocycles. The molecule has 1 saturated carbocycles. The minimum absolute atomic E-state index is 0.847. The second kappa shape index (κ2) is 2.76. The van der Waals surface area contributed by atoms with Crippen molar-refractivity contribution in [3.8, 4) is 0 Å². The van der Waals surface area contributed by atoms with Crippen LogP contribution in [0.1, 0.15) is 19.3 Å². The van der Waals surface area contributed by atoms with E-state index in [9.17, 15) is 0 Å². The summed E-state index contributed by atoms with van der Waals surface area (Å²) in [5.41, 5.74) is 0.847. The second-order valence-electron chi connectivity index (χ2n) is 4.17. The Kier molecular flexibility index (Phi) is 1.90. The third-order valence-corrected chi connectivity index (χ3v) is 2.98. The molecule has 0 aromatic heterocycles. The van der Waals surface area contributed by atoms with Gasteiger partial charge in [-0.2, -0.15) is 0 Å². The third-order valence-electron chi connectivity index (χ3n) is 2.98. The van der Waals surface area contributed by atoms with E-state index < -0.39 is 0 Å². The van der Waals surface area contributed by atoms with Gasteiger partial charge in [0.25, 0.3) is 0 Å². The first-order chi connectivity index (χ1) is 5.35. The molecule has 2 heteroatoms. The van der Waals surface area contributed by atoms with Crippen LogP contribution in [-0.4, -0.2) is 38.1 Å². The maximum absolute atomic E-state index is 3.18. The van der Waals surface area contributed by atoms with Gasteiger partial charge in [-0.25, -0.2) is 0 Å². The first kappa shape index (κ1) is 7.56. The van der Waals surface area contributed by atoms with Crippen LogP contribution in [0.5, 0.6) is 0 Å². The summed E-state index contributed by atoms with van der Waals surface area (Å²) in [6.45, 7) is 5.28. The second-order valence-corrected chi connectivity index (χ2v) is 4.17. The SMILES string of the molecule is CNCCCN1CC2(CC2)C1. The van der Waals surface area contributed by atoms with Gasteiger partial charge in [0, 0.05) is 13.1 Å². The van der Waals surface area contributed by atoms with Crippen LogP contribution >= 0.6 is 0 Å². The highest BCUT2D eigenvalue weighted by Gasteiger charge is 2.51. The molecule has 2 aliphatic rings. The molecule has 1 saturated heterocycles. The molecule has 1 N–H and O–H groups in total. The average molecular weight is 154 g/mol. The molecule has 0 radical (unpaired) electrons. The van der Waals surface area contributed by atoms with Crippen LogP contribution in [0.4, 0.5) is 0 Å². The summed E-state index contributed by atoms with van der Waals surface area (Å²) in [6.07, 6.45) is 4.33. The van der Waals surface area contributed by atoms with Crippen molar-refractivity contribution < 1.29 is 0 Å². The molecular formula is C9H18N2. The molecule has 0 amide bonds. The van der Waals surface area contributed by atoms with Gasteiger partial charge >= 0.3 is 0 Å². The molecule has 0 aromatic rings. The van der Waals surface area contributed by atoms with Gasteiger partial charge < -0.3 is 10.2 Å². The van der Waals surface area contributed by atoms with Gasteiger partial charge in [0.1, 0.15) is 0 Å². The van der Waals surface area contributed by atoms with Gasteiger partial charge in [0.2, 0.25) is 0 Å². The van der Waals surface area contributed by atoms with E-state index in [1.165, 1.54) is 45.4 Å². The fraction of sp³-hybridized carbons (Fsp3) is 1.00. The normalized spacial score (nSPS) is 27.0. The molecule has 1 aliphatic heterocycles. The number of hydrogen-bond donors (Lipinski definition) is 1. The van der Waals surface area contributed by atoms with E-state index in [-0.39, 0.29) is 0 Å². The maximum Gasteiger partial charge on any atom is 0.00505 e. The zero-order chi connectivity index (χ0) is 7.73. The standard InChI is InChI=1S/C9H18N2/c1-10-5-2-6-11-7-9(8-11)3-4-9/h10H,2-8H2,1H3. The minimum atomic E-state index is 0.847. The quantitative estimate of drug-likeness (QED) is 0.599. The summed E-state index contributed by atoms with van der Waals surface area (Å²) in [4.78, 5) is 2.59. The van der Waals surface area contributed by atoms with E-state index in [1.54, 1.807) is 0 Å². The van der Waals surface area contributed by atoms with Crippen LogP contribution in [-0.2, 0) is 0 Å². The molecule has 11 heavy (non-hydrogen) atoms. The summed E-state index contributed by atoms with van der Waals surface area (Å²) >= 11 is 0. The lowest BCUT2D eigenvalue weighted by molar-refractivity contribution is 0.0809. The Balaban J connectivity index is 1.53. The summed E-state index contributed by atoms with van der Waals surface area (Å²) in [5.74, 6) is 0. The molecule has 1 aliphatic carbocycles. The molecule has 1 heterocycles. The molecule has 0 bridgehead atoms. The van der Waals surface area contributed by atoms with E-state index in [4.69, 9.17) is 0 Å². The van der Waals surface area contributed by atoms with Crippen molar-refractivity contribution in [3.63, 3.8) is 0 Å². The summed E-state index contributed by atoms with van der Waals surface area (Å²) in [7, 11) is 2.03. The largest absolute Gasteiger partial charge is 0.320 e. The van der Waals surface area contributed by atoms with E-state index in [0.717, 1.165) is 5.41 Å². The summed E-state index contributed by atoms with van der Waals surface area (Å²) in [5, 5.41) is 3.18. The highest BCUT2D eigenvalue weighted by molar-refractivity contribution is 5.04. The monoisotopic (exact) mass is 154 g/mol. The van der Waals surface area contributed by atoms with Crippen LogP contribution in [0, 0.1) is 5.41 Å². The van der Waals surface area contributed by atoms with Gasteiger partial charge in [-0.05, 0) is 44.8 Å². The van der Waals surface area contributed by atoms with E-state index in [1.807, 2.05) is 7.05 Å². The number of nitrogens with zero attached hydrogens (tertiary/aromatic N) is 1. The molecular weight excluding hydrogens is 136 g/mol. The van der Waals surface area contributed by atoms with Gasteiger partial charge in [-0.15, -0.1) is 0 Å². The van der Waals surface area contributed by atoms with Crippen LogP contribution in [0.2, 0.25) is 0 Å². The van der Waals surface area contributed by atoms with Crippen molar-refractivity contribution in [1.82, 2.24) is 10.2 Å². The van der Waals surface area contributed by atoms with E-state index in [0.29, 0.717) is 0 Å². The van der Waals surface area contributed by atoms with E-state index in [2.05, 4.69) is 10.2 Å². The van der Waals surface area contributed by atoms with Crippen molar-refractivity contribution in [2.75, 3.05) is 33.2 Å². The fourth-order valence-electron chi connectivity index (χ4n) is 2.03. The summed E-state index contributed by atoms with van der Waals surface area (Å²) in [6, 6.07) is 0. The zero-order valence-electron chi connectivity index (χ0n) is 7.40. The van der Waals surface area contributed by atoms with Crippen molar-refractivity contribution in [2.45, 2.75) is 19.3 Å². The Bertz CT molecular complexity index is 132. The lowest BCUT2D eigenvalue weighted by Crippen LogP contribution is -2.48. The maximum atomic E-state index is 3.18. The van der Waals surface area contributed by atoms with Crippen molar-refractivity contribution in [3.05, 3.63) is 0 Å². The lowest BCUT2D eigenvalue weighted by atomic mass is 9.97. The number of rotatable bonds is 4. The Labute approximate surface area is 69.0 Å². The Hall–Kier alpha value is -0.0800. The van der Waals surface area contributed by atoms with Crippen LogP contribution in [0.25, 0.3) is 0 Å². The highest BCUT2D eigenvalue weighted by Crippen LogP contribution is 2.52. The van der Waals surface area contributed by atoms with Crippen molar-refractivity contribution in [1.29, 1.82) is 0 Å². The Morgan fingerprint density at radius 3 is 2.64 bits per heavy atom. The third kappa shape index (κ3) is 1.57. The molecule has 2 nitrogen and oxygen atoms in total. The fourth-order valence-corrected chi connectivity index (χ4v) is 2.03. The first-order valence-electron chi connectivity index (χ1n) is 4.72. The predicted molar refractivity (Wildman–Crippen MR) is 46.7 cm³/mol. The topological polar surface area (TPSA) is 15.3 Å². The zero-order valence-corrected chi connectivity index (χ0v) is 7.40. The van der Waals surface area contributed by atoms with Crippen LogP contribution in [0.15, 0.2) is 0 Å². The number of nitrogens with one attached hydrogen (secondary N) is 1. The molecule has 0 unspecified atom stereocenters.